The molecule has 0 saturated carbocycles. The summed E-state index contributed by atoms with van der Waals surface area (Å²) in [5.41, 5.74) is 1.90. The standard InChI is InChI=1S/C36H46FN9O7/c1-22(2)34-24(17-32(49)39-13-15-45-20-28(43-44-45)27-10-12-40-42-27)8-9-31(48)38-11-4-6-23(3)16-26(47)18-25(37)19-33-41-29(21-52-33)35(50)46-14-5-7-30(46)36(51)53-34/h4,6,8-10,12,16,20-22,24-26,30,34,47H,5,7,11,13-15,17-19H2,1-3H3,(H,38,48)(H,39,49)(H,40,42)/b6-4+,9-8+,23-16+/t24-,25+,26+,30+,34+/m0/s1. The zero-order chi connectivity index (χ0) is 37.9. The number of cyclic esters (lactones) is 1. The van der Waals surface area contributed by atoms with E-state index in [4.69, 9.17) is 9.15 Å². The quantitative estimate of drug-likeness (QED) is 0.259. The Kier molecular flexibility index (Phi) is 13.4. The molecule has 1 fully saturated rings. The highest BCUT2D eigenvalue weighted by Gasteiger charge is 2.39. The van der Waals surface area contributed by atoms with E-state index in [1.54, 1.807) is 48.3 Å². The van der Waals surface area contributed by atoms with Crippen LogP contribution in [0.5, 0.6) is 0 Å². The zero-order valence-corrected chi connectivity index (χ0v) is 30.0. The van der Waals surface area contributed by atoms with E-state index in [-0.39, 0.29) is 62.3 Å². The molecule has 2 aliphatic rings. The van der Waals surface area contributed by atoms with Crippen LogP contribution in [0.2, 0.25) is 0 Å². The number of nitrogens with zero attached hydrogens (tertiary/aromatic N) is 6. The van der Waals surface area contributed by atoms with Gasteiger partial charge in [-0.05, 0) is 37.8 Å². The van der Waals surface area contributed by atoms with Crippen LogP contribution in [0.1, 0.15) is 62.8 Å². The summed E-state index contributed by atoms with van der Waals surface area (Å²) in [5.74, 6) is -2.97. The van der Waals surface area contributed by atoms with Crippen molar-refractivity contribution in [2.24, 2.45) is 11.8 Å². The maximum atomic E-state index is 14.8. The monoisotopic (exact) mass is 735 g/mol. The third-order valence-electron chi connectivity index (χ3n) is 8.91. The number of halogens is 1. The third kappa shape index (κ3) is 11.0. The number of aromatic amines is 1. The molecule has 4 N–H and O–H groups in total. The van der Waals surface area contributed by atoms with E-state index in [0.29, 0.717) is 36.3 Å². The van der Waals surface area contributed by atoms with Crippen molar-refractivity contribution in [3.05, 3.63) is 72.3 Å². The second-order valence-corrected chi connectivity index (χ2v) is 13.5. The number of H-pyrrole nitrogens is 1. The van der Waals surface area contributed by atoms with Gasteiger partial charge in [0.2, 0.25) is 11.8 Å². The van der Waals surface area contributed by atoms with Crippen LogP contribution in [0.3, 0.4) is 0 Å². The molecule has 3 aromatic rings. The predicted octanol–water partition coefficient (Wildman–Crippen LogP) is 2.47. The van der Waals surface area contributed by atoms with Gasteiger partial charge in [-0.3, -0.25) is 24.2 Å². The number of allylic oxidation sites excluding steroid dienone is 2. The topological polar surface area (TPSA) is 210 Å². The number of carbonyl (C=O) groups excluding carboxylic acids is 4. The lowest BCUT2D eigenvalue weighted by molar-refractivity contribution is -0.159. The van der Waals surface area contributed by atoms with Gasteiger partial charge in [-0.25, -0.2) is 14.2 Å². The van der Waals surface area contributed by atoms with Crippen LogP contribution in [0.25, 0.3) is 11.4 Å². The van der Waals surface area contributed by atoms with Crippen molar-refractivity contribution >= 4 is 23.7 Å². The van der Waals surface area contributed by atoms with Gasteiger partial charge in [-0.1, -0.05) is 48.9 Å². The van der Waals surface area contributed by atoms with Crippen LogP contribution in [-0.2, 0) is 32.1 Å². The number of alkyl halides is 1. The number of nitrogens with one attached hydrogen (secondary N) is 3. The van der Waals surface area contributed by atoms with Crippen LogP contribution in [0, 0.1) is 11.8 Å². The van der Waals surface area contributed by atoms with Gasteiger partial charge in [-0.2, -0.15) is 5.10 Å². The van der Waals surface area contributed by atoms with Crippen molar-refractivity contribution in [2.45, 2.75) is 83.8 Å². The van der Waals surface area contributed by atoms with Gasteiger partial charge in [0, 0.05) is 44.6 Å². The van der Waals surface area contributed by atoms with Gasteiger partial charge >= 0.3 is 5.97 Å². The van der Waals surface area contributed by atoms with Crippen LogP contribution in [-0.4, -0.2) is 108 Å². The van der Waals surface area contributed by atoms with E-state index in [1.807, 2.05) is 13.8 Å². The van der Waals surface area contributed by atoms with E-state index in [0.717, 1.165) is 6.26 Å². The largest absolute Gasteiger partial charge is 0.460 e. The normalized spacial score (nSPS) is 25.9. The number of esters is 1. The minimum Gasteiger partial charge on any atom is -0.460 e. The first-order valence-electron chi connectivity index (χ1n) is 17.7. The molecule has 0 aliphatic carbocycles. The molecule has 5 heterocycles. The first-order chi connectivity index (χ1) is 25.5. The Morgan fingerprint density at radius 2 is 2.04 bits per heavy atom. The van der Waals surface area contributed by atoms with Gasteiger partial charge in [0.1, 0.15) is 30.3 Å². The van der Waals surface area contributed by atoms with E-state index >= 15 is 0 Å². The molecular weight excluding hydrogens is 689 g/mol. The molecule has 284 valence electrons. The van der Waals surface area contributed by atoms with E-state index in [2.05, 4.69) is 36.1 Å². The lowest BCUT2D eigenvalue weighted by Crippen LogP contribution is -2.44. The van der Waals surface area contributed by atoms with Crippen molar-refractivity contribution in [2.75, 3.05) is 19.6 Å². The minimum absolute atomic E-state index is 0.00551. The fourth-order valence-electron chi connectivity index (χ4n) is 6.29. The molecule has 3 amide bonds. The van der Waals surface area contributed by atoms with Crippen LogP contribution in [0.4, 0.5) is 4.39 Å². The lowest BCUT2D eigenvalue weighted by atomic mass is 9.89. The number of fused-ring (bicyclic) bond motifs is 3. The molecule has 16 nitrogen and oxygen atoms in total. The van der Waals surface area contributed by atoms with Crippen LogP contribution >= 0.6 is 0 Å². The summed E-state index contributed by atoms with van der Waals surface area (Å²) in [5, 5.41) is 30.9. The van der Waals surface area contributed by atoms with Crippen molar-refractivity contribution in [1.82, 2.24) is 45.7 Å². The highest BCUT2D eigenvalue weighted by molar-refractivity contribution is 5.95. The number of aliphatic hydroxyl groups is 1. The highest BCUT2D eigenvalue weighted by atomic mass is 19.1. The Bertz CT molecular complexity index is 1800. The number of carbonyl (C=O) groups is 4. The molecular formula is C36H46FN9O7. The Morgan fingerprint density at radius 1 is 1.21 bits per heavy atom. The maximum absolute atomic E-state index is 14.8. The lowest BCUT2D eigenvalue weighted by Gasteiger charge is -2.30. The van der Waals surface area contributed by atoms with Crippen molar-refractivity contribution in [1.29, 1.82) is 0 Å². The molecule has 0 radical (unpaired) electrons. The summed E-state index contributed by atoms with van der Waals surface area (Å²) >= 11 is 0. The Labute approximate surface area is 305 Å². The SMILES string of the molecule is CC1=C\[C@@H](O)C[C@@H](F)Cc2nc(co2)C(=O)N2CCC[C@@H]2C(=O)O[C@H](C(C)C)[C@H](CC(=O)NCCn2cc(-c3ccn[nH]3)nn2)/C=C/C(=O)NC\C=C\1. The number of aromatic nitrogens is 6. The average Bonchev–Trinajstić information content (AvgIpc) is 3.94. The smallest absolute Gasteiger partial charge is 0.329 e. The summed E-state index contributed by atoms with van der Waals surface area (Å²) in [6.45, 7) is 6.43. The van der Waals surface area contributed by atoms with E-state index in [9.17, 15) is 28.7 Å². The van der Waals surface area contributed by atoms with Gasteiger partial charge in [0.15, 0.2) is 11.6 Å². The number of aliphatic hydroxyl groups excluding tert-OH is 1. The number of hydrogen-bond donors (Lipinski definition) is 4. The number of hydrogen-bond acceptors (Lipinski definition) is 11. The van der Waals surface area contributed by atoms with Crippen molar-refractivity contribution in [3.63, 3.8) is 0 Å². The Morgan fingerprint density at radius 3 is 2.81 bits per heavy atom. The fourth-order valence-corrected chi connectivity index (χ4v) is 6.29. The maximum Gasteiger partial charge on any atom is 0.329 e. The molecule has 0 unspecified atom stereocenters. The summed E-state index contributed by atoms with van der Waals surface area (Å²) in [7, 11) is 0. The van der Waals surface area contributed by atoms with Gasteiger partial charge in [0.05, 0.1) is 31.0 Å². The molecule has 0 aromatic carbocycles. The molecule has 5 atom stereocenters. The third-order valence-corrected chi connectivity index (χ3v) is 8.91. The summed E-state index contributed by atoms with van der Waals surface area (Å²) in [6.07, 6.45) is 9.09. The summed E-state index contributed by atoms with van der Waals surface area (Å²) < 4.78 is 27.9. The van der Waals surface area contributed by atoms with E-state index < -0.39 is 48.1 Å². The van der Waals surface area contributed by atoms with Gasteiger partial charge in [-0.15, -0.1) is 5.10 Å². The fraction of sp³-hybridized carbons (Fsp3) is 0.500. The number of amides is 3. The van der Waals surface area contributed by atoms with Crippen LogP contribution < -0.4 is 10.6 Å². The first-order valence-corrected chi connectivity index (χ1v) is 17.7. The Balaban J connectivity index is 1.33. The molecule has 0 spiro atoms. The molecule has 1 saturated heterocycles. The number of rotatable bonds is 7. The Hall–Kier alpha value is -5.45. The first kappa shape index (κ1) is 38.8. The van der Waals surface area contributed by atoms with Gasteiger partial charge < -0.3 is 29.8 Å². The molecule has 5 rings (SSSR count). The number of oxazole rings is 1. The van der Waals surface area contributed by atoms with Gasteiger partial charge in [0.25, 0.3) is 5.91 Å². The second-order valence-electron chi connectivity index (χ2n) is 13.5. The van der Waals surface area contributed by atoms with Crippen LogP contribution in [0.15, 0.2) is 65.1 Å². The summed E-state index contributed by atoms with van der Waals surface area (Å²) in [6, 6.07) is 0.843. The molecule has 17 heteroatoms. The predicted molar refractivity (Wildman–Crippen MR) is 188 cm³/mol. The molecule has 2 bridgehead atoms. The van der Waals surface area contributed by atoms with E-state index in [1.165, 1.54) is 17.1 Å². The zero-order valence-electron chi connectivity index (χ0n) is 30.0. The summed E-state index contributed by atoms with van der Waals surface area (Å²) in [4.78, 5) is 58.9. The van der Waals surface area contributed by atoms with Crippen molar-refractivity contribution in [3.8, 4) is 11.4 Å². The second kappa shape index (κ2) is 18.3. The molecule has 3 aromatic heterocycles. The molecule has 2 aliphatic heterocycles. The minimum atomic E-state index is -1.50. The average molecular weight is 736 g/mol. The van der Waals surface area contributed by atoms with Crippen molar-refractivity contribution < 1.29 is 37.8 Å². The highest BCUT2D eigenvalue weighted by Crippen LogP contribution is 2.27. The molecule has 53 heavy (non-hydrogen) atoms. The number of ether oxygens (including phenoxy) is 1.